The van der Waals surface area contributed by atoms with E-state index >= 15 is 0 Å². The van der Waals surface area contributed by atoms with Gasteiger partial charge >= 0.3 is 5.97 Å². The van der Waals surface area contributed by atoms with Crippen molar-refractivity contribution in [2.45, 2.75) is 25.2 Å². The van der Waals surface area contributed by atoms with Crippen LogP contribution in [0.4, 0.5) is 11.4 Å². The number of nitrogens with one attached hydrogen (secondary N) is 2. The maximum Gasteiger partial charge on any atom is 0.310 e. The zero-order valence-corrected chi connectivity index (χ0v) is 19.7. The topological polar surface area (TPSA) is 111 Å². The molecule has 0 aliphatic heterocycles. The van der Waals surface area contributed by atoms with Gasteiger partial charge in [0.25, 0.3) is 15.9 Å². The van der Waals surface area contributed by atoms with Gasteiger partial charge in [-0.3, -0.25) is 14.3 Å². The highest BCUT2D eigenvalue weighted by molar-refractivity contribution is 7.92. The van der Waals surface area contributed by atoms with Crippen molar-refractivity contribution in [3.63, 3.8) is 0 Å². The number of rotatable bonds is 10. The van der Waals surface area contributed by atoms with E-state index in [1.165, 1.54) is 24.3 Å². The minimum atomic E-state index is -3.74. The third-order valence-corrected chi connectivity index (χ3v) is 6.10. The van der Waals surface area contributed by atoms with Crippen LogP contribution in [0.2, 0.25) is 0 Å². The summed E-state index contributed by atoms with van der Waals surface area (Å²) in [7, 11) is -3.74. The van der Waals surface area contributed by atoms with Crippen LogP contribution in [0.25, 0.3) is 0 Å². The molecule has 3 aromatic rings. The summed E-state index contributed by atoms with van der Waals surface area (Å²) >= 11 is 0. The van der Waals surface area contributed by atoms with Crippen molar-refractivity contribution >= 4 is 33.3 Å². The van der Waals surface area contributed by atoms with E-state index in [9.17, 15) is 18.0 Å². The van der Waals surface area contributed by atoms with Crippen LogP contribution >= 0.6 is 0 Å². The molecule has 9 heteroatoms. The van der Waals surface area contributed by atoms with Crippen LogP contribution < -0.4 is 14.8 Å². The average molecular weight is 483 g/mol. The largest absolute Gasteiger partial charge is 0.484 e. The fourth-order valence-electron chi connectivity index (χ4n) is 2.98. The fraction of sp³-hybridized carbons (Fsp3) is 0.200. The standard InChI is InChI=1S/C25H26N2O6S/c1-3-32-25(29)16-19-6-10-20(11-7-19)26-24(28)17-33-22-12-14-23(15-13-22)34(30,31)27-21-8-4-18(2)5-9-21/h4-15,27H,3,16-17H2,1-2H3,(H,26,28). The van der Waals surface area contributed by atoms with Crippen LogP contribution in [0.15, 0.2) is 77.7 Å². The summed E-state index contributed by atoms with van der Waals surface area (Å²) in [6.45, 7) is 3.74. The number of sulfonamides is 1. The van der Waals surface area contributed by atoms with Gasteiger partial charge in [0.05, 0.1) is 17.9 Å². The highest BCUT2D eigenvalue weighted by Crippen LogP contribution is 2.20. The number of carbonyl (C=O) groups excluding carboxylic acids is 2. The van der Waals surface area contributed by atoms with Crippen molar-refractivity contribution in [2.75, 3.05) is 23.3 Å². The first-order valence-corrected chi connectivity index (χ1v) is 12.1. The van der Waals surface area contributed by atoms with E-state index in [1.54, 1.807) is 43.3 Å². The molecule has 8 nitrogen and oxygen atoms in total. The predicted molar refractivity (Wildman–Crippen MR) is 129 cm³/mol. The molecule has 3 rings (SSSR count). The molecule has 2 N–H and O–H groups in total. The lowest BCUT2D eigenvalue weighted by molar-refractivity contribution is -0.142. The van der Waals surface area contributed by atoms with Crippen LogP contribution in [0, 0.1) is 6.92 Å². The van der Waals surface area contributed by atoms with Gasteiger partial charge < -0.3 is 14.8 Å². The normalized spacial score (nSPS) is 10.9. The van der Waals surface area contributed by atoms with Crippen LogP contribution in [-0.4, -0.2) is 33.5 Å². The fourth-order valence-corrected chi connectivity index (χ4v) is 4.04. The summed E-state index contributed by atoms with van der Waals surface area (Å²) in [6, 6.07) is 19.7. The summed E-state index contributed by atoms with van der Waals surface area (Å²) in [5.74, 6) is -0.331. The Morgan fingerprint density at radius 3 is 2.09 bits per heavy atom. The number of benzene rings is 3. The Morgan fingerprint density at radius 2 is 1.47 bits per heavy atom. The van der Waals surface area contributed by atoms with Gasteiger partial charge in [0.15, 0.2) is 6.61 Å². The van der Waals surface area contributed by atoms with E-state index in [2.05, 4.69) is 10.0 Å². The van der Waals surface area contributed by atoms with Crippen LogP contribution in [-0.2, 0) is 30.8 Å². The maximum absolute atomic E-state index is 12.5. The molecule has 0 bridgehead atoms. The molecular formula is C25H26N2O6S. The highest BCUT2D eigenvalue weighted by Gasteiger charge is 2.14. The summed E-state index contributed by atoms with van der Waals surface area (Å²) in [5, 5.41) is 2.70. The molecule has 0 fully saturated rings. The molecule has 0 spiro atoms. The number of ether oxygens (including phenoxy) is 2. The summed E-state index contributed by atoms with van der Waals surface area (Å²) in [5.41, 5.74) is 2.83. The number of esters is 1. The number of amides is 1. The van der Waals surface area contributed by atoms with Gasteiger partial charge in [-0.15, -0.1) is 0 Å². The second kappa shape index (κ2) is 11.3. The first-order valence-electron chi connectivity index (χ1n) is 10.6. The van der Waals surface area contributed by atoms with Crippen molar-refractivity contribution in [3.05, 3.63) is 83.9 Å². The summed E-state index contributed by atoms with van der Waals surface area (Å²) < 4.78 is 38.0. The molecule has 0 aliphatic rings. The first kappa shape index (κ1) is 24.8. The van der Waals surface area contributed by atoms with Gasteiger partial charge in [-0.2, -0.15) is 0 Å². The SMILES string of the molecule is CCOC(=O)Cc1ccc(NC(=O)COc2ccc(S(=O)(=O)Nc3ccc(C)cc3)cc2)cc1. The Labute approximate surface area is 199 Å². The summed E-state index contributed by atoms with van der Waals surface area (Å²) in [4.78, 5) is 23.8. The first-order chi connectivity index (χ1) is 16.2. The van der Waals surface area contributed by atoms with Crippen molar-refractivity contribution in [1.29, 1.82) is 0 Å². The molecule has 34 heavy (non-hydrogen) atoms. The zero-order chi connectivity index (χ0) is 24.6. The molecule has 178 valence electrons. The molecule has 0 saturated heterocycles. The van der Waals surface area contributed by atoms with Crippen molar-refractivity contribution in [1.82, 2.24) is 0 Å². The minimum absolute atomic E-state index is 0.0767. The van der Waals surface area contributed by atoms with Gasteiger partial charge in [-0.1, -0.05) is 29.8 Å². The van der Waals surface area contributed by atoms with Crippen molar-refractivity contribution in [2.24, 2.45) is 0 Å². The average Bonchev–Trinajstić information content (AvgIpc) is 2.81. The Morgan fingerprint density at radius 1 is 0.853 bits per heavy atom. The molecule has 0 radical (unpaired) electrons. The highest BCUT2D eigenvalue weighted by atomic mass is 32.2. The minimum Gasteiger partial charge on any atom is -0.484 e. The monoisotopic (exact) mass is 482 g/mol. The van der Waals surface area contributed by atoms with E-state index in [1.807, 2.05) is 19.1 Å². The zero-order valence-electron chi connectivity index (χ0n) is 18.9. The number of aryl methyl sites for hydroxylation is 1. The summed E-state index contributed by atoms with van der Waals surface area (Å²) in [6.07, 6.45) is 0.164. The van der Waals surface area contributed by atoms with E-state index in [-0.39, 0.29) is 29.8 Å². The van der Waals surface area contributed by atoms with E-state index < -0.39 is 10.0 Å². The van der Waals surface area contributed by atoms with Gasteiger partial charge in [-0.25, -0.2) is 8.42 Å². The quantitative estimate of drug-likeness (QED) is 0.424. The second-order valence-electron chi connectivity index (χ2n) is 7.46. The van der Waals surface area contributed by atoms with Crippen molar-refractivity contribution < 1.29 is 27.5 Å². The Bertz CT molecular complexity index is 1220. The van der Waals surface area contributed by atoms with E-state index in [0.29, 0.717) is 23.7 Å². The Balaban J connectivity index is 1.50. The second-order valence-corrected chi connectivity index (χ2v) is 9.14. The molecule has 0 saturated carbocycles. The van der Waals surface area contributed by atoms with Crippen LogP contribution in [0.1, 0.15) is 18.1 Å². The van der Waals surface area contributed by atoms with E-state index in [0.717, 1.165) is 11.1 Å². The lowest BCUT2D eigenvalue weighted by Crippen LogP contribution is -2.20. The molecule has 3 aromatic carbocycles. The van der Waals surface area contributed by atoms with Crippen LogP contribution in [0.3, 0.4) is 0 Å². The Hall–Kier alpha value is -3.85. The maximum atomic E-state index is 12.5. The van der Waals surface area contributed by atoms with Crippen LogP contribution in [0.5, 0.6) is 5.75 Å². The predicted octanol–water partition coefficient (Wildman–Crippen LogP) is 3.92. The molecule has 0 heterocycles. The van der Waals surface area contributed by atoms with Gasteiger partial charge in [0.2, 0.25) is 0 Å². The lowest BCUT2D eigenvalue weighted by atomic mass is 10.1. The van der Waals surface area contributed by atoms with Gasteiger partial charge in [0.1, 0.15) is 5.75 Å². The number of carbonyl (C=O) groups is 2. The molecule has 0 unspecified atom stereocenters. The number of hydrogen-bond acceptors (Lipinski definition) is 6. The van der Waals surface area contributed by atoms with Crippen molar-refractivity contribution in [3.8, 4) is 5.75 Å². The lowest BCUT2D eigenvalue weighted by Gasteiger charge is -2.10. The van der Waals surface area contributed by atoms with E-state index in [4.69, 9.17) is 9.47 Å². The molecular weight excluding hydrogens is 456 g/mol. The van der Waals surface area contributed by atoms with Gasteiger partial charge in [0, 0.05) is 11.4 Å². The molecule has 0 atom stereocenters. The number of anilines is 2. The molecule has 0 aromatic heterocycles. The molecule has 0 aliphatic carbocycles. The third-order valence-electron chi connectivity index (χ3n) is 4.70. The Kier molecular flexibility index (Phi) is 8.26. The van der Waals surface area contributed by atoms with Gasteiger partial charge in [-0.05, 0) is 67.9 Å². The smallest absolute Gasteiger partial charge is 0.310 e. The number of hydrogen-bond donors (Lipinski definition) is 2. The third kappa shape index (κ3) is 7.35. The molecule has 1 amide bonds.